The number of rotatable bonds is 6. The molecule has 21 heavy (non-hydrogen) atoms. The maximum atomic E-state index is 12.4. The van der Waals surface area contributed by atoms with Gasteiger partial charge in [-0.2, -0.15) is 0 Å². The maximum Gasteiger partial charge on any atom is 0.242 e. The van der Waals surface area contributed by atoms with Crippen molar-refractivity contribution in [2.24, 2.45) is 5.92 Å². The van der Waals surface area contributed by atoms with Gasteiger partial charge in [0.2, 0.25) is 10.0 Å². The van der Waals surface area contributed by atoms with Crippen LogP contribution < -0.4 is 10.0 Å². The largest absolute Gasteiger partial charge is 0.387 e. The molecule has 0 aromatic heterocycles. The summed E-state index contributed by atoms with van der Waals surface area (Å²) in [5.74, 6) is 0.435. The average Bonchev–Trinajstić information content (AvgIpc) is 2.53. The summed E-state index contributed by atoms with van der Waals surface area (Å²) in [5.41, 5.74) is 0.630. The van der Waals surface area contributed by atoms with Gasteiger partial charge in [-0.1, -0.05) is 19.1 Å². The zero-order chi connectivity index (χ0) is 15.3. The zero-order valence-electron chi connectivity index (χ0n) is 12.8. The molecule has 6 heteroatoms. The van der Waals surface area contributed by atoms with Gasteiger partial charge in [0, 0.05) is 13.6 Å². The van der Waals surface area contributed by atoms with Gasteiger partial charge < -0.3 is 10.2 Å². The highest BCUT2D eigenvalue weighted by molar-refractivity contribution is 7.89. The molecule has 2 rings (SSSR count). The molecule has 1 aliphatic heterocycles. The second kappa shape index (κ2) is 7.24. The van der Waals surface area contributed by atoms with Crippen LogP contribution in [0.1, 0.15) is 19.8 Å². The van der Waals surface area contributed by atoms with Crippen molar-refractivity contribution in [2.45, 2.75) is 24.7 Å². The molecule has 0 aliphatic carbocycles. The van der Waals surface area contributed by atoms with E-state index < -0.39 is 10.0 Å². The fraction of sp³-hybridized carbons (Fsp3) is 0.600. The van der Waals surface area contributed by atoms with Crippen LogP contribution in [0, 0.1) is 5.92 Å². The van der Waals surface area contributed by atoms with E-state index in [0.29, 0.717) is 23.0 Å². The van der Waals surface area contributed by atoms with Crippen LogP contribution in [0.25, 0.3) is 0 Å². The zero-order valence-corrected chi connectivity index (χ0v) is 13.6. The predicted octanol–water partition coefficient (Wildman–Crippen LogP) is 1.74. The molecule has 1 heterocycles. The molecule has 1 aliphatic rings. The Hall–Kier alpha value is -1.11. The first-order valence-electron chi connectivity index (χ1n) is 7.55. The summed E-state index contributed by atoms with van der Waals surface area (Å²) in [4.78, 5) is 2.72. The summed E-state index contributed by atoms with van der Waals surface area (Å²) in [6.45, 7) is 5.90. The Morgan fingerprint density at radius 2 is 1.90 bits per heavy atom. The molecule has 0 radical (unpaired) electrons. The number of anilines is 1. The molecular formula is C15H25N3O2S. The van der Waals surface area contributed by atoms with E-state index in [4.69, 9.17) is 0 Å². The third-order valence-corrected chi connectivity index (χ3v) is 5.64. The van der Waals surface area contributed by atoms with Gasteiger partial charge in [-0.3, -0.25) is 0 Å². The van der Waals surface area contributed by atoms with Gasteiger partial charge in [0.15, 0.2) is 0 Å². The van der Waals surface area contributed by atoms with E-state index >= 15 is 0 Å². The molecule has 0 atom stereocenters. The summed E-state index contributed by atoms with van der Waals surface area (Å²) in [6.07, 6.45) is 2.12. The van der Waals surface area contributed by atoms with Crippen LogP contribution in [-0.4, -0.2) is 46.5 Å². The van der Waals surface area contributed by atoms with Crippen LogP contribution >= 0.6 is 0 Å². The molecule has 1 aromatic rings. The van der Waals surface area contributed by atoms with Gasteiger partial charge in [0.05, 0.1) is 5.69 Å². The third-order valence-electron chi connectivity index (χ3n) is 4.16. The lowest BCUT2D eigenvalue weighted by Crippen LogP contribution is -2.38. The Kier molecular flexibility index (Phi) is 5.61. The van der Waals surface area contributed by atoms with Gasteiger partial charge in [-0.25, -0.2) is 13.1 Å². The Bertz CT molecular complexity index is 552. The van der Waals surface area contributed by atoms with Crippen LogP contribution in [-0.2, 0) is 10.0 Å². The molecule has 0 unspecified atom stereocenters. The molecular weight excluding hydrogens is 286 g/mol. The van der Waals surface area contributed by atoms with E-state index in [1.54, 1.807) is 25.2 Å². The highest BCUT2D eigenvalue weighted by Gasteiger charge is 2.22. The number of para-hydroxylation sites is 1. The number of sulfonamides is 1. The van der Waals surface area contributed by atoms with E-state index in [1.165, 1.54) is 0 Å². The molecule has 118 valence electrons. The van der Waals surface area contributed by atoms with Gasteiger partial charge in [-0.05, 0) is 50.5 Å². The SMILES string of the molecule is CCN1CCC(CNS(=O)(=O)c2ccccc2NC)CC1. The van der Waals surface area contributed by atoms with Gasteiger partial charge >= 0.3 is 0 Å². The Labute approximate surface area is 127 Å². The molecule has 1 fully saturated rings. The fourth-order valence-corrected chi connectivity index (χ4v) is 4.05. The van der Waals surface area contributed by atoms with Crippen molar-refractivity contribution in [2.75, 3.05) is 38.5 Å². The third kappa shape index (κ3) is 4.18. The minimum absolute atomic E-state index is 0.318. The van der Waals surface area contributed by atoms with Crippen LogP contribution in [0.5, 0.6) is 0 Å². The summed E-state index contributed by atoms with van der Waals surface area (Å²) < 4.78 is 27.6. The van der Waals surface area contributed by atoms with Crippen molar-refractivity contribution in [1.82, 2.24) is 9.62 Å². The smallest absolute Gasteiger partial charge is 0.242 e. The number of nitrogens with one attached hydrogen (secondary N) is 2. The molecule has 0 amide bonds. The lowest BCUT2D eigenvalue weighted by molar-refractivity contribution is 0.194. The number of likely N-dealkylation sites (tertiary alicyclic amines) is 1. The van der Waals surface area contributed by atoms with E-state index in [1.807, 2.05) is 6.07 Å². The highest BCUT2D eigenvalue weighted by Crippen LogP contribution is 2.21. The number of benzene rings is 1. The van der Waals surface area contributed by atoms with E-state index in [-0.39, 0.29) is 0 Å². The first kappa shape index (κ1) is 16.3. The molecule has 2 N–H and O–H groups in total. The van der Waals surface area contributed by atoms with E-state index in [0.717, 1.165) is 32.5 Å². The average molecular weight is 311 g/mol. The number of piperidine rings is 1. The maximum absolute atomic E-state index is 12.4. The summed E-state index contributed by atoms with van der Waals surface area (Å²) in [6, 6.07) is 6.97. The lowest BCUT2D eigenvalue weighted by Gasteiger charge is -2.31. The van der Waals surface area contributed by atoms with Crippen molar-refractivity contribution < 1.29 is 8.42 Å². The Morgan fingerprint density at radius 3 is 2.52 bits per heavy atom. The monoisotopic (exact) mass is 311 g/mol. The standard InChI is InChI=1S/C15H25N3O2S/c1-3-18-10-8-13(9-11-18)12-17-21(19,20)15-7-5-4-6-14(15)16-2/h4-7,13,16-17H,3,8-12H2,1-2H3. The van der Waals surface area contributed by atoms with Crippen LogP contribution in [0.15, 0.2) is 29.2 Å². The topological polar surface area (TPSA) is 61.4 Å². The first-order chi connectivity index (χ1) is 10.1. The lowest BCUT2D eigenvalue weighted by atomic mass is 9.97. The van der Waals surface area contributed by atoms with Crippen molar-refractivity contribution >= 4 is 15.7 Å². The van der Waals surface area contributed by atoms with Crippen molar-refractivity contribution in [3.05, 3.63) is 24.3 Å². The van der Waals surface area contributed by atoms with Crippen LogP contribution in [0.4, 0.5) is 5.69 Å². The minimum atomic E-state index is -3.45. The molecule has 0 spiro atoms. The van der Waals surface area contributed by atoms with Gasteiger partial charge in [0.1, 0.15) is 4.90 Å². The highest BCUT2D eigenvalue weighted by atomic mass is 32.2. The number of hydrogen-bond acceptors (Lipinski definition) is 4. The molecule has 5 nitrogen and oxygen atoms in total. The number of hydrogen-bond donors (Lipinski definition) is 2. The second-order valence-electron chi connectivity index (χ2n) is 5.48. The number of nitrogens with zero attached hydrogens (tertiary/aromatic N) is 1. The second-order valence-corrected chi connectivity index (χ2v) is 7.21. The minimum Gasteiger partial charge on any atom is -0.387 e. The predicted molar refractivity (Wildman–Crippen MR) is 86.0 cm³/mol. The fourth-order valence-electron chi connectivity index (χ4n) is 2.72. The normalized spacial score (nSPS) is 17.8. The van der Waals surface area contributed by atoms with Crippen molar-refractivity contribution in [3.63, 3.8) is 0 Å². The van der Waals surface area contributed by atoms with E-state index in [2.05, 4.69) is 21.9 Å². The van der Waals surface area contributed by atoms with Crippen molar-refractivity contribution in [3.8, 4) is 0 Å². The van der Waals surface area contributed by atoms with E-state index in [9.17, 15) is 8.42 Å². The quantitative estimate of drug-likeness (QED) is 0.840. The van der Waals surface area contributed by atoms with Crippen LogP contribution in [0.2, 0.25) is 0 Å². The molecule has 0 bridgehead atoms. The Morgan fingerprint density at radius 1 is 1.24 bits per heavy atom. The van der Waals surface area contributed by atoms with Crippen molar-refractivity contribution in [1.29, 1.82) is 0 Å². The van der Waals surface area contributed by atoms with Gasteiger partial charge in [-0.15, -0.1) is 0 Å². The summed E-state index contributed by atoms with van der Waals surface area (Å²) in [7, 11) is -1.72. The molecule has 1 aromatic carbocycles. The van der Waals surface area contributed by atoms with Crippen LogP contribution in [0.3, 0.4) is 0 Å². The Balaban J connectivity index is 1.96. The molecule has 1 saturated heterocycles. The van der Waals surface area contributed by atoms with Gasteiger partial charge in [0.25, 0.3) is 0 Å². The molecule has 0 saturated carbocycles. The first-order valence-corrected chi connectivity index (χ1v) is 9.04. The summed E-state index contributed by atoms with van der Waals surface area (Å²) in [5, 5.41) is 2.93. The summed E-state index contributed by atoms with van der Waals surface area (Å²) >= 11 is 0.